The van der Waals surface area contributed by atoms with Crippen LogP contribution in [0.5, 0.6) is 0 Å². The molecule has 6 atom stereocenters. The number of carbonyl (C=O) groups excluding carboxylic acids is 4. The number of nitrogens with zero attached hydrogens (tertiary/aromatic N) is 1. The number of imide groups is 1. The molecule has 2 bridgehead atoms. The number of hydrogen-bond acceptors (Lipinski definition) is 9. The molecule has 2 amide bonds. The van der Waals surface area contributed by atoms with E-state index in [0.29, 0.717) is 12.8 Å². The molecule has 4 fully saturated rings. The van der Waals surface area contributed by atoms with Crippen molar-refractivity contribution in [3.63, 3.8) is 0 Å². The van der Waals surface area contributed by atoms with Crippen LogP contribution < -0.4 is 0 Å². The van der Waals surface area contributed by atoms with E-state index in [-0.39, 0.29) is 12.3 Å². The van der Waals surface area contributed by atoms with Gasteiger partial charge < -0.3 is 14.0 Å². The largest absolute Gasteiger partial charge is 0.746 e. The Morgan fingerprint density at radius 1 is 1.12 bits per heavy atom. The van der Waals surface area contributed by atoms with Crippen molar-refractivity contribution in [1.29, 1.82) is 0 Å². The minimum absolute atomic E-state index is 0. The quantitative estimate of drug-likeness (QED) is 0.218. The summed E-state index contributed by atoms with van der Waals surface area (Å²) in [4.78, 5) is 52.4. The van der Waals surface area contributed by atoms with Gasteiger partial charge in [-0.15, -0.1) is 0 Å². The van der Waals surface area contributed by atoms with Gasteiger partial charge in [0.15, 0.2) is 0 Å². The summed E-state index contributed by atoms with van der Waals surface area (Å²) in [5, 5.41) is -4.96. The maximum atomic E-state index is 13.5. The molecule has 4 rings (SSSR count). The van der Waals surface area contributed by atoms with Crippen molar-refractivity contribution in [3.05, 3.63) is 6.61 Å². The number of alkyl halides is 2. The second-order valence-corrected chi connectivity index (χ2v) is 11.6. The van der Waals surface area contributed by atoms with E-state index < -0.39 is 87.0 Å². The number of carbonyl (C=O) groups is 4. The van der Waals surface area contributed by atoms with Gasteiger partial charge in [-0.2, -0.15) is 0 Å². The van der Waals surface area contributed by atoms with Gasteiger partial charge in [0, 0.05) is 11.3 Å². The summed E-state index contributed by atoms with van der Waals surface area (Å²) < 4.78 is 68.9. The van der Waals surface area contributed by atoms with Gasteiger partial charge in [-0.05, 0) is 25.2 Å². The number of likely N-dealkylation sites (tertiary alicyclic amines) is 1. The van der Waals surface area contributed by atoms with E-state index in [1.54, 1.807) is 20.8 Å². The van der Waals surface area contributed by atoms with Gasteiger partial charge in [-0.3, -0.25) is 24.1 Å². The number of hydrogen-bond donors (Lipinski definition) is 0. The molecule has 6 unspecified atom stereocenters. The van der Waals surface area contributed by atoms with E-state index in [2.05, 4.69) is 4.74 Å². The van der Waals surface area contributed by atoms with Crippen LogP contribution in [0.2, 0.25) is 0 Å². The molecule has 0 N–H and O–H groups in total. The Morgan fingerprint density at radius 3 is 2.21 bits per heavy atom. The van der Waals surface area contributed by atoms with Gasteiger partial charge in [-0.25, -0.2) is 17.2 Å². The van der Waals surface area contributed by atoms with Crippen molar-refractivity contribution in [2.24, 2.45) is 35.0 Å². The molecule has 0 spiro atoms. The van der Waals surface area contributed by atoms with Crippen LogP contribution in [-0.4, -0.2) is 59.0 Å². The maximum Gasteiger partial charge on any atom is 0.309 e. The second kappa shape index (κ2) is 7.69. The van der Waals surface area contributed by atoms with Gasteiger partial charge in [0.2, 0.25) is 11.8 Å². The van der Waals surface area contributed by atoms with Crippen molar-refractivity contribution < 1.29 is 50.4 Å². The fourth-order valence-electron chi connectivity index (χ4n) is 5.20. The summed E-state index contributed by atoms with van der Waals surface area (Å²) >= 11 is 0. The predicted molar refractivity (Wildman–Crippen MR) is 101 cm³/mol. The fraction of sp³-hybridized carbons (Fsp3) is 0.750. The van der Waals surface area contributed by atoms with Gasteiger partial charge in [0.1, 0.15) is 16.2 Å². The van der Waals surface area contributed by atoms with Crippen molar-refractivity contribution in [2.45, 2.75) is 57.4 Å². The monoisotopic (exact) mass is 758 g/mol. The molecular weight excluding hydrogens is 735 g/mol. The number of esters is 2. The summed E-state index contributed by atoms with van der Waals surface area (Å²) in [6, 6.07) is -0.779. The molecule has 10 nitrogen and oxygen atoms in total. The Balaban J connectivity index is 0.00000324. The third-order valence-corrected chi connectivity index (χ3v) is 7.58. The average Bonchev–Trinajstić information content (AvgIpc) is 3.33. The van der Waals surface area contributed by atoms with Crippen LogP contribution in [0.1, 0.15) is 40.0 Å². The Kier molecular flexibility index (Phi) is 5.76. The van der Waals surface area contributed by atoms with E-state index in [1.165, 1.54) is 0 Å². The summed E-state index contributed by atoms with van der Waals surface area (Å²) in [5.41, 5.74) is -0.961. The third-order valence-electron chi connectivity index (χ3n) is 6.81. The molecular formula is C20H23F2NO9RfS-2. The molecule has 14 heteroatoms. The van der Waals surface area contributed by atoms with E-state index in [0.717, 1.165) is 4.90 Å². The molecule has 3 saturated carbocycles. The molecule has 3 aliphatic carbocycles. The predicted octanol–water partition coefficient (Wildman–Crippen LogP) is 0.817. The Bertz CT molecular complexity index is 1020. The molecule has 34 heavy (non-hydrogen) atoms. The Morgan fingerprint density at radius 2 is 1.71 bits per heavy atom. The van der Waals surface area contributed by atoms with Crippen LogP contribution in [-0.2, 0) is 38.8 Å². The molecule has 0 aromatic heterocycles. The number of ether oxygens (including phenoxy) is 2. The molecule has 1 aliphatic heterocycles. The van der Waals surface area contributed by atoms with E-state index in [9.17, 15) is 40.9 Å². The minimum Gasteiger partial charge on any atom is -0.746 e. The molecule has 186 valence electrons. The normalized spacial score (nSPS) is 32.4. The third kappa shape index (κ3) is 3.79. The zero-order chi connectivity index (χ0) is 24.7. The number of amides is 2. The SMILES string of the molecule is CC(C)(C)C(=O)N1C(=O)C2C3CC(C(OC(=O)C4CC4)C31)C2C(=O)O[CH-]C(F)(F)S(=O)(=O)[O-].[Rf]. The molecule has 0 radical (unpaired) electrons. The van der Waals surface area contributed by atoms with E-state index in [4.69, 9.17) is 4.74 Å². The van der Waals surface area contributed by atoms with Gasteiger partial charge in [0.05, 0.1) is 23.8 Å². The summed E-state index contributed by atoms with van der Waals surface area (Å²) in [6.45, 7) is 4.15. The zero-order valence-corrected chi connectivity index (χ0v) is 25.9. The molecule has 0 aromatic carbocycles. The first-order valence-corrected chi connectivity index (χ1v) is 11.9. The van der Waals surface area contributed by atoms with Gasteiger partial charge >= 0.3 is 5.97 Å². The molecule has 1 heterocycles. The fourth-order valence-corrected chi connectivity index (χ4v) is 5.36. The topological polar surface area (TPSA) is 147 Å². The minimum atomic E-state index is -6.12. The van der Waals surface area contributed by atoms with Crippen LogP contribution in [0.25, 0.3) is 0 Å². The smallest absolute Gasteiger partial charge is 0.309 e. The Labute approximate surface area is 188 Å². The van der Waals surface area contributed by atoms with Crippen LogP contribution in [0.4, 0.5) is 8.78 Å². The molecule has 1 saturated heterocycles. The first kappa shape index (κ1) is 25.5. The number of rotatable bonds is 6. The molecule has 0 aromatic rings. The zero-order valence-electron chi connectivity index (χ0n) is 18.7. The van der Waals surface area contributed by atoms with E-state index >= 15 is 0 Å². The summed E-state index contributed by atoms with van der Waals surface area (Å²) in [7, 11) is -6.12. The standard InChI is InChI=1S/C20H24F2NO9S.Rf/c1-19(2,3)18(27)23-13-9-6-10(14(13)32-16(25)8-4-5-8)12(11(9)15(23)24)17(26)31-7-20(21,22)33(28,29)30;/h7-14H,4-6H2,1-3H3,(H,28,29,30);/q-1;/p-1. The van der Waals surface area contributed by atoms with Crippen molar-refractivity contribution >= 4 is 33.9 Å². The van der Waals surface area contributed by atoms with Crippen LogP contribution in [0, 0.1) is 41.6 Å². The van der Waals surface area contributed by atoms with E-state index in [1.807, 2.05) is 0 Å². The summed E-state index contributed by atoms with van der Waals surface area (Å²) in [6.07, 6.45) is 0.470. The first-order chi connectivity index (χ1) is 15.1. The summed E-state index contributed by atoms with van der Waals surface area (Å²) in [5.74, 6) is -7.13. The van der Waals surface area contributed by atoms with Crippen molar-refractivity contribution in [2.75, 3.05) is 0 Å². The van der Waals surface area contributed by atoms with Crippen LogP contribution in [0.15, 0.2) is 0 Å². The van der Waals surface area contributed by atoms with Crippen molar-refractivity contribution in [1.82, 2.24) is 4.90 Å². The van der Waals surface area contributed by atoms with Gasteiger partial charge in [-0.1, -0.05) is 27.4 Å². The van der Waals surface area contributed by atoms with Gasteiger partial charge in [0.25, 0.3) is 11.2 Å². The second-order valence-electron chi connectivity index (χ2n) is 10.1. The first-order valence-electron chi connectivity index (χ1n) is 10.5. The maximum absolute atomic E-state index is 13.5. The van der Waals surface area contributed by atoms with Crippen LogP contribution >= 0.6 is 0 Å². The Hall–Kier alpha value is -3.15. The number of halogens is 2. The molecule has 4 aliphatic rings. The average molecular weight is 758 g/mol. The number of fused-ring (bicyclic) bond motifs is 1. The van der Waals surface area contributed by atoms with Crippen LogP contribution in [0.3, 0.4) is 0 Å². The van der Waals surface area contributed by atoms with Crippen molar-refractivity contribution in [3.8, 4) is 0 Å².